The zero-order valence-electron chi connectivity index (χ0n) is 14.3. The predicted molar refractivity (Wildman–Crippen MR) is 105 cm³/mol. The minimum absolute atomic E-state index is 0.0916. The Kier molecular flexibility index (Phi) is 5.91. The fourth-order valence-electron chi connectivity index (χ4n) is 2.82. The number of nitrogens with zero attached hydrogens (tertiary/aromatic N) is 1. The number of halogens is 1. The molecule has 0 radical (unpaired) electrons. The summed E-state index contributed by atoms with van der Waals surface area (Å²) in [5.41, 5.74) is 2.66. The summed E-state index contributed by atoms with van der Waals surface area (Å²) in [6, 6.07) is 14.4. The van der Waals surface area contributed by atoms with Gasteiger partial charge in [-0.05, 0) is 36.2 Å². The van der Waals surface area contributed by atoms with Gasteiger partial charge in [-0.2, -0.15) is 0 Å². The molecule has 6 heteroatoms. The molecule has 2 aromatic carbocycles. The maximum Gasteiger partial charge on any atom is 0.221 e. The van der Waals surface area contributed by atoms with Gasteiger partial charge in [-0.15, -0.1) is 11.3 Å². The summed E-state index contributed by atoms with van der Waals surface area (Å²) in [6.07, 6.45) is 0.234. The maximum absolute atomic E-state index is 12.5. The Bertz CT molecular complexity index is 910. The monoisotopic (exact) mass is 386 g/mol. The average molecular weight is 387 g/mol. The van der Waals surface area contributed by atoms with Crippen LogP contribution in [0.5, 0.6) is 5.75 Å². The van der Waals surface area contributed by atoms with Crippen molar-refractivity contribution in [3.05, 3.63) is 80.8 Å². The van der Waals surface area contributed by atoms with Crippen molar-refractivity contribution in [2.45, 2.75) is 25.8 Å². The average Bonchev–Trinajstić information content (AvgIpc) is 3.04. The number of hydrogen-bond acceptors (Lipinski definition) is 4. The van der Waals surface area contributed by atoms with Crippen molar-refractivity contribution < 1.29 is 9.90 Å². The summed E-state index contributed by atoms with van der Waals surface area (Å²) in [5.74, 6) is -0.168. The van der Waals surface area contributed by atoms with Crippen molar-refractivity contribution in [1.29, 1.82) is 0 Å². The summed E-state index contributed by atoms with van der Waals surface area (Å²) in [7, 11) is 0. The smallest absolute Gasteiger partial charge is 0.221 e. The molecule has 26 heavy (non-hydrogen) atoms. The Morgan fingerprint density at radius 1 is 1.27 bits per heavy atom. The Balaban J connectivity index is 1.79. The minimum atomic E-state index is -0.242. The molecule has 0 fully saturated rings. The predicted octanol–water partition coefficient (Wildman–Crippen LogP) is 4.65. The van der Waals surface area contributed by atoms with Crippen molar-refractivity contribution in [3.8, 4) is 5.75 Å². The van der Waals surface area contributed by atoms with E-state index in [0.29, 0.717) is 11.6 Å². The molecule has 3 rings (SSSR count). The zero-order valence-corrected chi connectivity index (χ0v) is 15.8. The van der Waals surface area contributed by atoms with E-state index in [1.54, 1.807) is 18.2 Å². The highest BCUT2D eigenvalue weighted by Gasteiger charge is 2.21. The summed E-state index contributed by atoms with van der Waals surface area (Å²) in [4.78, 5) is 16.9. The van der Waals surface area contributed by atoms with E-state index in [0.717, 1.165) is 21.8 Å². The van der Waals surface area contributed by atoms with Gasteiger partial charge in [0.25, 0.3) is 0 Å². The maximum atomic E-state index is 12.5. The number of carbonyl (C=O) groups excluding carboxylic acids is 1. The highest BCUT2D eigenvalue weighted by molar-refractivity contribution is 7.09. The zero-order chi connectivity index (χ0) is 18.5. The van der Waals surface area contributed by atoms with E-state index < -0.39 is 0 Å². The lowest BCUT2D eigenvalue weighted by molar-refractivity contribution is -0.121. The van der Waals surface area contributed by atoms with Crippen LogP contribution < -0.4 is 5.32 Å². The number of amides is 1. The Hall–Kier alpha value is -2.37. The van der Waals surface area contributed by atoms with Crippen LogP contribution in [0, 0.1) is 6.92 Å². The normalized spacial score (nSPS) is 11.9. The summed E-state index contributed by atoms with van der Waals surface area (Å²) in [5, 5.41) is 16.2. The standard InChI is InChI=1S/C20H19ClN2O2S/c1-13-12-26-20(23-13)11-22-19(25)10-17(14-5-4-6-15(24)9-14)16-7-2-3-8-18(16)21/h2-9,12,17,24H,10-11H2,1H3,(H,22,25)/t17-/m1/s1. The van der Waals surface area contributed by atoms with Crippen LogP contribution in [0.15, 0.2) is 53.9 Å². The second-order valence-electron chi connectivity index (χ2n) is 6.03. The summed E-state index contributed by atoms with van der Waals surface area (Å²) >= 11 is 7.89. The van der Waals surface area contributed by atoms with Crippen LogP contribution >= 0.6 is 22.9 Å². The van der Waals surface area contributed by atoms with E-state index in [9.17, 15) is 9.90 Å². The van der Waals surface area contributed by atoms with E-state index in [2.05, 4.69) is 10.3 Å². The molecule has 134 valence electrons. The summed E-state index contributed by atoms with van der Waals surface area (Å²) < 4.78 is 0. The molecular weight excluding hydrogens is 368 g/mol. The lowest BCUT2D eigenvalue weighted by Crippen LogP contribution is -2.25. The molecule has 0 aliphatic rings. The molecule has 2 N–H and O–H groups in total. The molecule has 0 bridgehead atoms. The number of benzene rings is 2. The van der Waals surface area contributed by atoms with Crippen molar-refractivity contribution in [2.75, 3.05) is 0 Å². The fraction of sp³-hybridized carbons (Fsp3) is 0.200. The van der Waals surface area contributed by atoms with E-state index in [4.69, 9.17) is 11.6 Å². The van der Waals surface area contributed by atoms with Gasteiger partial charge in [-0.3, -0.25) is 4.79 Å². The van der Waals surface area contributed by atoms with Gasteiger partial charge in [0.2, 0.25) is 5.91 Å². The first-order valence-corrected chi connectivity index (χ1v) is 9.50. The van der Waals surface area contributed by atoms with Gasteiger partial charge >= 0.3 is 0 Å². The van der Waals surface area contributed by atoms with E-state index in [1.165, 1.54) is 11.3 Å². The van der Waals surface area contributed by atoms with Crippen LogP contribution in [0.2, 0.25) is 5.02 Å². The second kappa shape index (κ2) is 8.34. The fourth-order valence-corrected chi connectivity index (χ4v) is 3.80. The Labute approximate surface area is 161 Å². The molecule has 1 atom stereocenters. The first kappa shape index (κ1) is 18.4. The number of aryl methyl sites for hydroxylation is 1. The van der Waals surface area contributed by atoms with Gasteiger partial charge in [0.15, 0.2) is 0 Å². The van der Waals surface area contributed by atoms with Gasteiger partial charge in [-0.1, -0.05) is 41.9 Å². The van der Waals surface area contributed by atoms with E-state index >= 15 is 0 Å². The molecule has 1 heterocycles. The second-order valence-corrected chi connectivity index (χ2v) is 7.38. The molecule has 1 amide bonds. The van der Waals surface area contributed by atoms with E-state index in [1.807, 2.05) is 42.6 Å². The highest BCUT2D eigenvalue weighted by atomic mass is 35.5. The van der Waals surface area contributed by atoms with Gasteiger partial charge in [0, 0.05) is 28.4 Å². The quantitative estimate of drug-likeness (QED) is 0.648. The minimum Gasteiger partial charge on any atom is -0.508 e. The van der Waals surface area contributed by atoms with Crippen LogP contribution in [-0.2, 0) is 11.3 Å². The van der Waals surface area contributed by atoms with Crippen LogP contribution in [0.4, 0.5) is 0 Å². The number of thiazole rings is 1. The molecular formula is C20H19ClN2O2S. The van der Waals surface area contributed by atoms with Crippen LogP contribution in [0.1, 0.15) is 34.2 Å². The number of aromatic hydroxyl groups is 1. The number of carbonyl (C=O) groups is 1. The van der Waals surface area contributed by atoms with Gasteiger partial charge < -0.3 is 10.4 Å². The number of rotatable bonds is 6. The van der Waals surface area contributed by atoms with Crippen LogP contribution in [0.25, 0.3) is 0 Å². The molecule has 0 aliphatic carbocycles. The van der Waals surface area contributed by atoms with Crippen molar-refractivity contribution >= 4 is 28.8 Å². The lowest BCUT2D eigenvalue weighted by Gasteiger charge is -2.19. The van der Waals surface area contributed by atoms with Crippen LogP contribution in [0.3, 0.4) is 0 Å². The summed E-state index contributed by atoms with van der Waals surface area (Å²) in [6.45, 7) is 2.34. The molecule has 0 saturated heterocycles. The van der Waals surface area contributed by atoms with E-state index in [-0.39, 0.29) is 24.0 Å². The molecule has 0 saturated carbocycles. The molecule has 4 nitrogen and oxygen atoms in total. The number of aromatic nitrogens is 1. The first-order chi connectivity index (χ1) is 12.5. The van der Waals surface area contributed by atoms with Gasteiger partial charge in [0.05, 0.1) is 6.54 Å². The Morgan fingerprint density at radius 2 is 2.08 bits per heavy atom. The molecule has 0 unspecified atom stereocenters. The topological polar surface area (TPSA) is 62.2 Å². The molecule has 0 spiro atoms. The number of hydrogen-bond donors (Lipinski definition) is 2. The third-order valence-electron chi connectivity index (χ3n) is 4.05. The van der Waals surface area contributed by atoms with Crippen molar-refractivity contribution in [2.24, 2.45) is 0 Å². The number of phenols is 1. The van der Waals surface area contributed by atoms with Gasteiger partial charge in [-0.25, -0.2) is 4.98 Å². The molecule has 1 aromatic heterocycles. The lowest BCUT2D eigenvalue weighted by atomic mass is 9.88. The Morgan fingerprint density at radius 3 is 2.77 bits per heavy atom. The third kappa shape index (κ3) is 4.62. The largest absolute Gasteiger partial charge is 0.508 e. The first-order valence-electron chi connectivity index (χ1n) is 8.24. The molecule has 3 aromatic rings. The van der Waals surface area contributed by atoms with Crippen molar-refractivity contribution in [3.63, 3.8) is 0 Å². The SMILES string of the molecule is Cc1csc(CNC(=O)C[C@H](c2cccc(O)c2)c2ccccc2Cl)n1. The highest BCUT2D eigenvalue weighted by Crippen LogP contribution is 2.34. The molecule has 0 aliphatic heterocycles. The number of nitrogens with one attached hydrogen (secondary N) is 1. The van der Waals surface area contributed by atoms with Crippen LogP contribution in [-0.4, -0.2) is 16.0 Å². The third-order valence-corrected chi connectivity index (χ3v) is 5.36. The number of phenolic OH excluding ortho intramolecular Hbond substituents is 1. The van der Waals surface area contributed by atoms with Crippen molar-refractivity contribution in [1.82, 2.24) is 10.3 Å². The van der Waals surface area contributed by atoms with Gasteiger partial charge in [0.1, 0.15) is 10.8 Å².